The molecule has 0 fully saturated rings. The number of hydrogen-bond donors (Lipinski definition) is 0. The van der Waals surface area contributed by atoms with E-state index in [0.29, 0.717) is 27.5 Å². The summed E-state index contributed by atoms with van der Waals surface area (Å²) in [5.74, 6) is 2.26. The highest BCUT2D eigenvalue weighted by atomic mass is 32.2. The standard InChI is InChI=1S/C24H22N2O3S/c1-28-18-13-11-17(12-14-18)15-16-30-24-25-20-8-4-3-7-19(20)23(27)26(24)21-9-5-6-10-22(21)29-2/h3-14H,15-16H2,1-2H3. The van der Waals surface area contributed by atoms with Gasteiger partial charge in [-0.3, -0.25) is 9.36 Å². The van der Waals surface area contributed by atoms with Gasteiger partial charge in [-0.2, -0.15) is 0 Å². The fourth-order valence-electron chi connectivity index (χ4n) is 3.29. The lowest BCUT2D eigenvalue weighted by Crippen LogP contribution is -2.22. The number of methoxy groups -OCH3 is 2. The van der Waals surface area contributed by atoms with Gasteiger partial charge in [-0.15, -0.1) is 0 Å². The van der Waals surface area contributed by atoms with Crippen molar-refractivity contribution in [3.63, 3.8) is 0 Å². The number of rotatable bonds is 7. The van der Waals surface area contributed by atoms with E-state index in [2.05, 4.69) is 12.1 Å². The van der Waals surface area contributed by atoms with E-state index in [1.807, 2.05) is 60.7 Å². The van der Waals surface area contributed by atoms with Crippen LogP contribution in [-0.4, -0.2) is 29.5 Å². The van der Waals surface area contributed by atoms with Crippen LogP contribution in [0.25, 0.3) is 16.6 Å². The van der Waals surface area contributed by atoms with Crippen molar-refractivity contribution in [2.75, 3.05) is 20.0 Å². The minimum Gasteiger partial charge on any atom is -0.497 e. The number of aromatic nitrogens is 2. The molecule has 0 aliphatic carbocycles. The van der Waals surface area contributed by atoms with Crippen LogP contribution < -0.4 is 15.0 Å². The van der Waals surface area contributed by atoms with Crippen LogP contribution in [0.2, 0.25) is 0 Å². The Kier molecular flexibility index (Phi) is 6.05. The molecule has 0 aliphatic rings. The third-order valence-electron chi connectivity index (χ3n) is 4.85. The average molecular weight is 419 g/mol. The van der Waals surface area contributed by atoms with Gasteiger partial charge in [-0.1, -0.05) is 48.2 Å². The van der Waals surface area contributed by atoms with E-state index in [0.717, 1.165) is 17.9 Å². The predicted molar refractivity (Wildman–Crippen MR) is 121 cm³/mol. The Morgan fingerprint density at radius 1 is 0.900 bits per heavy atom. The molecule has 5 nitrogen and oxygen atoms in total. The van der Waals surface area contributed by atoms with Gasteiger partial charge in [0.1, 0.15) is 11.5 Å². The molecule has 0 bridgehead atoms. The molecule has 0 spiro atoms. The summed E-state index contributed by atoms with van der Waals surface area (Å²) >= 11 is 1.56. The topological polar surface area (TPSA) is 53.3 Å². The highest BCUT2D eigenvalue weighted by Crippen LogP contribution is 2.27. The summed E-state index contributed by atoms with van der Waals surface area (Å²) in [4.78, 5) is 18.2. The molecule has 0 amide bonds. The molecule has 0 atom stereocenters. The lowest BCUT2D eigenvalue weighted by molar-refractivity contribution is 0.411. The summed E-state index contributed by atoms with van der Waals surface area (Å²) in [6, 6.07) is 23.0. The van der Waals surface area contributed by atoms with Crippen LogP contribution in [-0.2, 0) is 6.42 Å². The van der Waals surface area contributed by atoms with Gasteiger partial charge in [0.05, 0.1) is 30.8 Å². The number of fused-ring (bicyclic) bond motifs is 1. The van der Waals surface area contributed by atoms with E-state index in [-0.39, 0.29) is 5.56 Å². The molecule has 152 valence electrons. The number of nitrogens with zero attached hydrogens (tertiary/aromatic N) is 2. The van der Waals surface area contributed by atoms with Gasteiger partial charge in [0.2, 0.25) is 0 Å². The normalized spacial score (nSPS) is 10.9. The first-order chi connectivity index (χ1) is 14.7. The smallest absolute Gasteiger partial charge is 0.266 e. The van der Waals surface area contributed by atoms with Crippen molar-refractivity contribution >= 4 is 22.7 Å². The number of benzene rings is 3. The van der Waals surface area contributed by atoms with E-state index in [9.17, 15) is 4.79 Å². The molecule has 0 saturated carbocycles. The van der Waals surface area contributed by atoms with Gasteiger partial charge < -0.3 is 9.47 Å². The Balaban J connectivity index is 1.71. The summed E-state index contributed by atoms with van der Waals surface area (Å²) in [6.07, 6.45) is 0.850. The summed E-state index contributed by atoms with van der Waals surface area (Å²) in [7, 11) is 3.27. The first kappa shape index (κ1) is 20.0. The van der Waals surface area contributed by atoms with Crippen molar-refractivity contribution in [2.45, 2.75) is 11.6 Å². The van der Waals surface area contributed by atoms with Gasteiger partial charge in [0.15, 0.2) is 5.16 Å². The molecule has 4 rings (SSSR count). The molecule has 1 heterocycles. The number of aryl methyl sites for hydroxylation is 1. The SMILES string of the molecule is COc1ccc(CCSc2nc3ccccc3c(=O)n2-c2ccccc2OC)cc1. The van der Waals surface area contributed by atoms with E-state index in [4.69, 9.17) is 14.5 Å². The lowest BCUT2D eigenvalue weighted by atomic mass is 10.2. The Labute approximate surface area is 179 Å². The molecule has 3 aromatic carbocycles. The van der Waals surface area contributed by atoms with Crippen LogP contribution in [0.1, 0.15) is 5.56 Å². The van der Waals surface area contributed by atoms with E-state index < -0.39 is 0 Å². The Bertz CT molecular complexity index is 1220. The van der Waals surface area contributed by atoms with Crippen molar-refractivity contribution in [1.29, 1.82) is 0 Å². The Morgan fingerprint density at radius 3 is 2.40 bits per heavy atom. The number of ether oxygens (including phenoxy) is 2. The number of thioether (sulfide) groups is 1. The van der Waals surface area contributed by atoms with Gasteiger partial charge in [0, 0.05) is 5.75 Å². The minimum atomic E-state index is -0.1000. The van der Waals surface area contributed by atoms with Crippen molar-refractivity contribution in [3.05, 3.63) is 88.7 Å². The van der Waals surface area contributed by atoms with Crippen LogP contribution in [0.3, 0.4) is 0 Å². The fraction of sp³-hybridized carbons (Fsp3) is 0.167. The predicted octanol–water partition coefficient (Wildman–Crippen LogP) is 4.74. The number of para-hydroxylation sites is 3. The highest BCUT2D eigenvalue weighted by Gasteiger charge is 2.16. The average Bonchev–Trinajstić information content (AvgIpc) is 2.80. The third kappa shape index (κ3) is 4.04. The monoisotopic (exact) mass is 418 g/mol. The maximum atomic E-state index is 13.4. The third-order valence-corrected chi connectivity index (χ3v) is 5.79. The maximum absolute atomic E-state index is 13.4. The van der Waals surface area contributed by atoms with Crippen molar-refractivity contribution in [2.24, 2.45) is 0 Å². The van der Waals surface area contributed by atoms with Crippen LogP contribution in [0.4, 0.5) is 0 Å². The largest absolute Gasteiger partial charge is 0.497 e. The second kappa shape index (κ2) is 9.05. The van der Waals surface area contributed by atoms with Gasteiger partial charge >= 0.3 is 0 Å². The van der Waals surface area contributed by atoms with Crippen LogP contribution >= 0.6 is 11.8 Å². The number of hydrogen-bond acceptors (Lipinski definition) is 5. The fourth-order valence-corrected chi connectivity index (χ4v) is 4.28. The van der Waals surface area contributed by atoms with E-state index in [1.54, 1.807) is 30.5 Å². The minimum absolute atomic E-state index is 0.1000. The zero-order valence-electron chi connectivity index (χ0n) is 16.9. The highest BCUT2D eigenvalue weighted by molar-refractivity contribution is 7.99. The van der Waals surface area contributed by atoms with E-state index in [1.165, 1.54) is 5.56 Å². The van der Waals surface area contributed by atoms with Gasteiger partial charge in [0.25, 0.3) is 5.56 Å². The molecular formula is C24H22N2O3S. The maximum Gasteiger partial charge on any atom is 0.266 e. The Morgan fingerprint density at radius 2 is 1.63 bits per heavy atom. The summed E-state index contributed by atoms with van der Waals surface area (Å²) in [6.45, 7) is 0. The molecule has 0 saturated heterocycles. The summed E-state index contributed by atoms with van der Waals surface area (Å²) in [5, 5.41) is 1.24. The Hall–Kier alpha value is -3.25. The van der Waals surface area contributed by atoms with Crippen LogP contribution in [0, 0.1) is 0 Å². The molecule has 1 aromatic heterocycles. The molecule has 0 N–H and O–H groups in total. The second-order valence-corrected chi connectivity index (χ2v) is 7.73. The second-order valence-electron chi connectivity index (χ2n) is 6.67. The molecule has 0 aliphatic heterocycles. The molecule has 0 radical (unpaired) electrons. The molecule has 4 aromatic rings. The van der Waals surface area contributed by atoms with Crippen LogP contribution in [0.15, 0.2) is 82.7 Å². The zero-order chi connectivity index (χ0) is 20.9. The van der Waals surface area contributed by atoms with Crippen molar-refractivity contribution < 1.29 is 9.47 Å². The molecule has 0 unspecified atom stereocenters. The lowest BCUT2D eigenvalue weighted by Gasteiger charge is -2.15. The van der Waals surface area contributed by atoms with E-state index >= 15 is 0 Å². The zero-order valence-corrected chi connectivity index (χ0v) is 17.7. The first-order valence-electron chi connectivity index (χ1n) is 9.62. The molecular weight excluding hydrogens is 396 g/mol. The van der Waals surface area contributed by atoms with Crippen LogP contribution in [0.5, 0.6) is 11.5 Å². The van der Waals surface area contributed by atoms with Crippen molar-refractivity contribution in [3.8, 4) is 17.2 Å². The van der Waals surface area contributed by atoms with Gasteiger partial charge in [-0.05, 0) is 48.4 Å². The summed E-state index contributed by atoms with van der Waals surface area (Å²) < 4.78 is 12.4. The van der Waals surface area contributed by atoms with Gasteiger partial charge in [-0.25, -0.2) is 4.98 Å². The molecule has 30 heavy (non-hydrogen) atoms. The quantitative estimate of drug-likeness (QED) is 0.321. The molecule has 6 heteroatoms. The van der Waals surface area contributed by atoms with Crippen molar-refractivity contribution in [1.82, 2.24) is 9.55 Å². The summed E-state index contributed by atoms with van der Waals surface area (Å²) in [5.41, 5.74) is 2.49. The first-order valence-corrected chi connectivity index (χ1v) is 10.6.